The van der Waals surface area contributed by atoms with Crippen LogP contribution in [0.25, 0.3) is 0 Å². The molecule has 0 aliphatic carbocycles. The first kappa shape index (κ1) is 12.3. The minimum Gasteiger partial charge on any atom is -0.368 e. The molecule has 0 aliphatic rings. The van der Waals surface area contributed by atoms with Gasteiger partial charge in [0, 0.05) is 0 Å². The zero-order chi connectivity index (χ0) is 13.2. The van der Waals surface area contributed by atoms with Crippen LogP contribution in [0.1, 0.15) is 5.56 Å². The van der Waals surface area contributed by atoms with E-state index in [-0.39, 0.29) is 10.8 Å². The van der Waals surface area contributed by atoms with Gasteiger partial charge < -0.3 is 5.73 Å². The number of rotatable bonds is 3. The maximum Gasteiger partial charge on any atom is 0.264 e. The first-order valence-electron chi connectivity index (χ1n) is 5.15. The highest BCUT2D eigenvalue weighted by molar-refractivity contribution is 7.92. The molecule has 0 aliphatic heterocycles. The molecule has 0 saturated carbocycles. The van der Waals surface area contributed by atoms with Crippen LogP contribution in [0.15, 0.2) is 41.6 Å². The maximum atomic E-state index is 12.0. The summed E-state index contributed by atoms with van der Waals surface area (Å²) in [6.45, 7) is 1.82. The van der Waals surface area contributed by atoms with E-state index in [1.54, 1.807) is 12.1 Å². The van der Waals surface area contributed by atoms with Crippen LogP contribution in [0.5, 0.6) is 0 Å². The average molecular weight is 264 g/mol. The van der Waals surface area contributed by atoms with Crippen LogP contribution < -0.4 is 10.5 Å². The Balaban J connectivity index is 2.33. The molecule has 2 aromatic rings. The largest absolute Gasteiger partial charge is 0.368 e. The van der Waals surface area contributed by atoms with Crippen LogP contribution in [0.3, 0.4) is 0 Å². The standard InChI is InChI=1S/C11H12N4O2S/c1-8-4-2-3-5-10(8)15-18(16,17)9-6-13-11(12)14-7-9/h2-7,15H,1H3,(H2,12,13,14). The molecule has 0 fully saturated rings. The van der Waals surface area contributed by atoms with Crippen LogP contribution in [-0.2, 0) is 10.0 Å². The Hall–Kier alpha value is -2.15. The first-order chi connectivity index (χ1) is 8.49. The molecule has 3 N–H and O–H groups in total. The van der Waals surface area contributed by atoms with Crippen molar-refractivity contribution in [1.29, 1.82) is 0 Å². The predicted octanol–water partition coefficient (Wildman–Crippen LogP) is 1.17. The van der Waals surface area contributed by atoms with E-state index in [1.165, 1.54) is 12.4 Å². The summed E-state index contributed by atoms with van der Waals surface area (Å²) >= 11 is 0. The van der Waals surface area contributed by atoms with Gasteiger partial charge in [0.2, 0.25) is 5.95 Å². The fourth-order valence-corrected chi connectivity index (χ4v) is 2.38. The summed E-state index contributed by atoms with van der Waals surface area (Å²) in [4.78, 5) is 7.29. The van der Waals surface area contributed by atoms with Gasteiger partial charge in [0.15, 0.2) is 0 Å². The number of nitrogens with two attached hydrogens (primary N) is 1. The van der Waals surface area contributed by atoms with Crippen LogP contribution in [0.2, 0.25) is 0 Å². The molecular weight excluding hydrogens is 252 g/mol. The topological polar surface area (TPSA) is 98.0 Å². The Morgan fingerprint density at radius 1 is 1.17 bits per heavy atom. The second-order valence-electron chi connectivity index (χ2n) is 3.70. The Labute approximate surface area is 105 Å². The van der Waals surface area contributed by atoms with E-state index in [0.717, 1.165) is 5.56 Å². The van der Waals surface area contributed by atoms with Crippen LogP contribution in [-0.4, -0.2) is 18.4 Å². The molecule has 2 rings (SSSR count). The Kier molecular flexibility index (Phi) is 3.15. The van der Waals surface area contributed by atoms with Crippen molar-refractivity contribution >= 4 is 21.7 Å². The highest BCUT2D eigenvalue weighted by Crippen LogP contribution is 2.18. The molecule has 94 valence electrons. The number of nitrogen functional groups attached to an aromatic ring is 1. The van der Waals surface area contributed by atoms with Crippen molar-refractivity contribution in [2.75, 3.05) is 10.5 Å². The Morgan fingerprint density at radius 2 is 1.78 bits per heavy atom. The second kappa shape index (κ2) is 4.61. The van der Waals surface area contributed by atoms with Crippen LogP contribution in [0, 0.1) is 6.92 Å². The van der Waals surface area contributed by atoms with Crippen molar-refractivity contribution in [3.8, 4) is 0 Å². The van der Waals surface area contributed by atoms with Gasteiger partial charge in [0.05, 0.1) is 18.1 Å². The fraction of sp³-hybridized carbons (Fsp3) is 0.0909. The summed E-state index contributed by atoms with van der Waals surface area (Å²) in [5.74, 6) is 0.0323. The van der Waals surface area contributed by atoms with E-state index in [0.29, 0.717) is 5.69 Å². The number of aromatic nitrogens is 2. The predicted molar refractivity (Wildman–Crippen MR) is 68.4 cm³/mol. The normalized spacial score (nSPS) is 11.2. The minimum atomic E-state index is -3.68. The molecule has 0 saturated heterocycles. The summed E-state index contributed by atoms with van der Waals surface area (Å²) < 4.78 is 26.5. The van der Waals surface area contributed by atoms with Crippen molar-refractivity contribution in [2.45, 2.75) is 11.8 Å². The first-order valence-corrected chi connectivity index (χ1v) is 6.63. The molecule has 0 spiro atoms. The highest BCUT2D eigenvalue weighted by atomic mass is 32.2. The highest BCUT2D eigenvalue weighted by Gasteiger charge is 2.15. The summed E-state index contributed by atoms with van der Waals surface area (Å²) in [6.07, 6.45) is 2.34. The zero-order valence-electron chi connectivity index (χ0n) is 9.66. The third kappa shape index (κ3) is 2.57. The molecule has 0 unspecified atom stereocenters. The molecule has 1 heterocycles. The molecule has 1 aromatic heterocycles. The van der Waals surface area contributed by atoms with Crippen molar-refractivity contribution in [1.82, 2.24) is 9.97 Å². The van der Waals surface area contributed by atoms with Gasteiger partial charge in [-0.3, -0.25) is 4.72 Å². The van der Waals surface area contributed by atoms with Gasteiger partial charge in [0.25, 0.3) is 10.0 Å². The molecule has 6 nitrogen and oxygen atoms in total. The van der Waals surface area contributed by atoms with E-state index < -0.39 is 10.0 Å². The number of nitrogens with zero attached hydrogens (tertiary/aromatic N) is 2. The third-order valence-electron chi connectivity index (χ3n) is 2.35. The Bertz CT molecular complexity index is 653. The van der Waals surface area contributed by atoms with Gasteiger partial charge >= 0.3 is 0 Å². The summed E-state index contributed by atoms with van der Waals surface area (Å²) in [6, 6.07) is 7.09. The lowest BCUT2D eigenvalue weighted by Crippen LogP contribution is -2.14. The number of sulfonamides is 1. The summed E-state index contributed by atoms with van der Waals surface area (Å²) in [7, 11) is -3.68. The molecular formula is C11H12N4O2S. The Morgan fingerprint density at radius 3 is 2.39 bits per heavy atom. The quantitative estimate of drug-likeness (QED) is 0.867. The number of para-hydroxylation sites is 1. The number of hydrogen-bond donors (Lipinski definition) is 2. The number of anilines is 2. The van der Waals surface area contributed by atoms with Crippen molar-refractivity contribution < 1.29 is 8.42 Å². The fourth-order valence-electron chi connectivity index (χ4n) is 1.36. The maximum absolute atomic E-state index is 12.0. The lowest BCUT2D eigenvalue weighted by Gasteiger charge is -2.09. The molecule has 1 aromatic carbocycles. The van der Waals surface area contributed by atoms with E-state index in [2.05, 4.69) is 14.7 Å². The van der Waals surface area contributed by atoms with Crippen molar-refractivity contribution in [3.63, 3.8) is 0 Å². The molecule has 0 amide bonds. The average Bonchev–Trinajstić information content (AvgIpc) is 2.32. The van der Waals surface area contributed by atoms with Gasteiger partial charge in [-0.2, -0.15) is 0 Å². The number of aryl methyl sites for hydroxylation is 1. The molecule has 18 heavy (non-hydrogen) atoms. The molecule has 0 atom stereocenters. The van der Waals surface area contributed by atoms with E-state index >= 15 is 0 Å². The molecule has 7 heteroatoms. The summed E-state index contributed by atoms with van der Waals surface area (Å²) in [5, 5.41) is 0. The smallest absolute Gasteiger partial charge is 0.264 e. The van der Waals surface area contributed by atoms with E-state index in [4.69, 9.17) is 5.73 Å². The number of benzene rings is 1. The van der Waals surface area contributed by atoms with Crippen LogP contribution in [0.4, 0.5) is 11.6 Å². The third-order valence-corrected chi connectivity index (χ3v) is 3.67. The van der Waals surface area contributed by atoms with Crippen molar-refractivity contribution in [3.05, 3.63) is 42.2 Å². The van der Waals surface area contributed by atoms with E-state index in [9.17, 15) is 8.42 Å². The minimum absolute atomic E-state index is 0.0278. The van der Waals surface area contributed by atoms with Gasteiger partial charge in [-0.15, -0.1) is 0 Å². The monoisotopic (exact) mass is 264 g/mol. The second-order valence-corrected chi connectivity index (χ2v) is 5.38. The molecule has 0 radical (unpaired) electrons. The lowest BCUT2D eigenvalue weighted by atomic mass is 10.2. The number of nitrogens with one attached hydrogen (secondary N) is 1. The van der Waals surface area contributed by atoms with Gasteiger partial charge in [-0.05, 0) is 18.6 Å². The van der Waals surface area contributed by atoms with Gasteiger partial charge in [0.1, 0.15) is 4.90 Å². The van der Waals surface area contributed by atoms with Gasteiger partial charge in [-0.25, -0.2) is 18.4 Å². The number of hydrogen-bond acceptors (Lipinski definition) is 5. The lowest BCUT2D eigenvalue weighted by molar-refractivity contribution is 0.600. The van der Waals surface area contributed by atoms with Crippen LogP contribution >= 0.6 is 0 Å². The SMILES string of the molecule is Cc1ccccc1NS(=O)(=O)c1cnc(N)nc1. The molecule has 0 bridgehead atoms. The zero-order valence-corrected chi connectivity index (χ0v) is 10.5. The van der Waals surface area contributed by atoms with Gasteiger partial charge in [-0.1, -0.05) is 18.2 Å². The van der Waals surface area contributed by atoms with E-state index in [1.807, 2.05) is 19.1 Å². The summed E-state index contributed by atoms with van der Waals surface area (Å²) in [5.41, 5.74) is 6.66. The van der Waals surface area contributed by atoms with Crippen molar-refractivity contribution in [2.24, 2.45) is 0 Å².